The quantitative estimate of drug-likeness (QED) is 0.810. The Balaban J connectivity index is 1.58. The summed E-state index contributed by atoms with van der Waals surface area (Å²) in [5.41, 5.74) is 3.64. The summed E-state index contributed by atoms with van der Waals surface area (Å²) in [5, 5.41) is 0. The molecule has 1 heterocycles. The fourth-order valence-electron chi connectivity index (χ4n) is 2.48. The number of halogens is 1. The van der Waals surface area contributed by atoms with Gasteiger partial charge in [-0.3, -0.25) is 9.78 Å². The third kappa shape index (κ3) is 2.88. The zero-order valence-corrected chi connectivity index (χ0v) is 11.7. The first-order valence-corrected chi connectivity index (χ1v) is 7.45. The number of hydrogen-bond donors (Lipinski definition) is 0. The molecule has 0 amide bonds. The molecular formula is C15H14FNO2S. The molecule has 20 heavy (non-hydrogen) atoms. The van der Waals surface area contributed by atoms with Gasteiger partial charge in [0.2, 0.25) is 0 Å². The van der Waals surface area contributed by atoms with Crippen LogP contribution in [0.15, 0.2) is 29.9 Å². The van der Waals surface area contributed by atoms with Crippen LogP contribution in [0.4, 0.5) is 4.39 Å². The second-order valence-electron chi connectivity index (χ2n) is 4.83. The molecule has 3 rings (SSSR count). The van der Waals surface area contributed by atoms with E-state index >= 15 is 0 Å². The molecule has 0 fully saturated rings. The number of nitrogens with zero attached hydrogens (tertiary/aromatic N) is 1. The highest BCUT2D eigenvalue weighted by Crippen LogP contribution is 2.34. The van der Waals surface area contributed by atoms with Crippen molar-refractivity contribution in [3.8, 4) is 0 Å². The molecule has 3 nitrogen and oxygen atoms in total. The number of hydrogen-bond acceptors (Lipinski definition) is 4. The van der Waals surface area contributed by atoms with Gasteiger partial charge in [0.1, 0.15) is 11.9 Å². The van der Waals surface area contributed by atoms with Gasteiger partial charge in [-0.2, -0.15) is 0 Å². The van der Waals surface area contributed by atoms with Crippen LogP contribution in [0.1, 0.15) is 34.9 Å². The average Bonchev–Trinajstić information content (AvgIpc) is 3.06. The zero-order chi connectivity index (χ0) is 13.9. The van der Waals surface area contributed by atoms with Crippen molar-refractivity contribution in [3.63, 3.8) is 0 Å². The first-order chi connectivity index (χ1) is 9.72. The van der Waals surface area contributed by atoms with Crippen LogP contribution in [0.2, 0.25) is 0 Å². The molecule has 1 aliphatic rings. The minimum atomic E-state index is -0.235. The topological polar surface area (TPSA) is 39.2 Å². The minimum absolute atomic E-state index is 0.208. The molecule has 0 aliphatic heterocycles. The van der Waals surface area contributed by atoms with Crippen LogP contribution >= 0.6 is 11.3 Å². The van der Waals surface area contributed by atoms with Gasteiger partial charge in [-0.05, 0) is 42.5 Å². The van der Waals surface area contributed by atoms with Crippen molar-refractivity contribution in [3.05, 3.63) is 51.7 Å². The van der Waals surface area contributed by atoms with Crippen molar-refractivity contribution < 1.29 is 13.9 Å². The predicted octanol–water partition coefficient (Wildman–Crippen LogP) is 3.45. The minimum Gasteiger partial charge on any atom is -0.457 e. The van der Waals surface area contributed by atoms with Crippen LogP contribution in [0, 0.1) is 5.82 Å². The van der Waals surface area contributed by atoms with Crippen molar-refractivity contribution in [1.82, 2.24) is 4.98 Å². The summed E-state index contributed by atoms with van der Waals surface area (Å²) in [6, 6.07) is 4.67. The van der Waals surface area contributed by atoms with Crippen LogP contribution in [0.3, 0.4) is 0 Å². The second kappa shape index (κ2) is 5.71. The normalized spacial score (nSPS) is 16.9. The third-order valence-corrected chi connectivity index (χ3v) is 4.30. The van der Waals surface area contributed by atoms with Gasteiger partial charge in [0.15, 0.2) is 0 Å². The van der Waals surface area contributed by atoms with Crippen LogP contribution in [0.25, 0.3) is 0 Å². The van der Waals surface area contributed by atoms with E-state index in [0.717, 1.165) is 28.8 Å². The van der Waals surface area contributed by atoms with Crippen molar-refractivity contribution in [1.29, 1.82) is 0 Å². The van der Waals surface area contributed by atoms with Crippen molar-refractivity contribution in [2.45, 2.75) is 31.8 Å². The Morgan fingerprint density at radius 1 is 1.50 bits per heavy atom. The first-order valence-electron chi connectivity index (χ1n) is 6.57. The van der Waals surface area contributed by atoms with Crippen molar-refractivity contribution in [2.24, 2.45) is 0 Å². The Bertz CT molecular complexity index is 612. The van der Waals surface area contributed by atoms with Crippen LogP contribution in [-0.2, 0) is 22.4 Å². The maximum atomic E-state index is 13.1. The average molecular weight is 291 g/mol. The Kier molecular flexibility index (Phi) is 3.78. The molecule has 0 spiro atoms. The van der Waals surface area contributed by atoms with Crippen molar-refractivity contribution >= 4 is 17.3 Å². The molecule has 104 valence electrons. The van der Waals surface area contributed by atoms with Crippen LogP contribution in [0.5, 0.6) is 0 Å². The van der Waals surface area contributed by atoms with Gasteiger partial charge in [-0.15, -0.1) is 11.3 Å². The van der Waals surface area contributed by atoms with E-state index < -0.39 is 0 Å². The highest BCUT2D eigenvalue weighted by atomic mass is 32.1. The Hall–Kier alpha value is -1.75. The molecule has 2 aromatic rings. The molecule has 1 aliphatic carbocycles. The fraction of sp³-hybridized carbons (Fsp3) is 0.333. The number of esters is 1. The molecule has 1 aromatic heterocycles. The molecule has 0 saturated carbocycles. The number of aromatic nitrogens is 1. The molecule has 0 saturated heterocycles. The van der Waals surface area contributed by atoms with Gasteiger partial charge in [0.25, 0.3) is 0 Å². The van der Waals surface area contributed by atoms with E-state index in [1.54, 1.807) is 17.8 Å². The van der Waals surface area contributed by atoms with Crippen LogP contribution in [-0.4, -0.2) is 11.0 Å². The number of carbonyl (C=O) groups is 1. The summed E-state index contributed by atoms with van der Waals surface area (Å²) in [5.74, 6) is -0.443. The summed E-state index contributed by atoms with van der Waals surface area (Å²) in [4.78, 5) is 16.9. The Morgan fingerprint density at radius 2 is 2.40 bits per heavy atom. The first kappa shape index (κ1) is 13.2. The van der Waals surface area contributed by atoms with E-state index in [9.17, 15) is 9.18 Å². The monoisotopic (exact) mass is 291 g/mol. The molecule has 1 atom stereocenters. The molecule has 5 heteroatoms. The van der Waals surface area contributed by atoms with E-state index in [4.69, 9.17) is 4.74 Å². The smallest absolute Gasteiger partial charge is 0.306 e. The number of aryl methyl sites for hydroxylation is 2. The molecular weight excluding hydrogens is 277 g/mol. The lowest BCUT2D eigenvalue weighted by molar-refractivity contribution is -0.149. The summed E-state index contributed by atoms with van der Waals surface area (Å²) in [6.45, 7) is 0. The maximum absolute atomic E-state index is 13.1. The van der Waals surface area contributed by atoms with Gasteiger partial charge in [0, 0.05) is 11.1 Å². The van der Waals surface area contributed by atoms with Crippen LogP contribution < -0.4 is 0 Å². The lowest BCUT2D eigenvalue weighted by atomic mass is 10.1. The predicted molar refractivity (Wildman–Crippen MR) is 74.0 cm³/mol. The zero-order valence-electron chi connectivity index (χ0n) is 10.8. The number of carbonyl (C=O) groups excluding carboxylic acids is 1. The molecule has 0 bridgehead atoms. The van der Waals surface area contributed by atoms with Gasteiger partial charge in [0.05, 0.1) is 11.9 Å². The van der Waals surface area contributed by atoms with E-state index in [2.05, 4.69) is 4.98 Å². The third-order valence-electron chi connectivity index (χ3n) is 3.46. The number of thiazole rings is 1. The van der Waals surface area contributed by atoms with Gasteiger partial charge in [-0.25, -0.2) is 4.39 Å². The summed E-state index contributed by atoms with van der Waals surface area (Å²) in [6.07, 6.45) is 4.07. The van der Waals surface area contributed by atoms with Crippen molar-refractivity contribution in [2.75, 3.05) is 0 Å². The van der Waals surface area contributed by atoms with E-state index in [1.165, 1.54) is 23.5 Å². The second-order valence-corrected chi connectivity index (χ2v) is 5.80. The molecule has 0 N–H and O–H groups in total. The molecule has 1 aromatic carbocycles. The van der Waals surface area contributed by atoms with Gasteiger partial charge >= 0.3 is 5.97 Å². The standard InChI is InChI=1S/C15H14FNO2S/c16-11-2-4-13-10(7-11)1-5-14(13)19-15(18)6-3-12-8-17-9-20-12/h2,4,7-9,14H,1,3,5-6H2/t14-/m0/s1. The van der Waals surface area contributed by atoms with Gasteiger partial charge < -0.3 is 4.74 Å². The number of benzene rings is 1. The highest BCUT2D eigenvalue weighted by Gasteiger charge is 2.25. The van der Waals surface area contributed by atoms with E-state index in [0.29, 0.717) is 12.8 Å². The van der Waals surface area contributed by atoms with E-state index in [1.807, 2.05) is 0 Å². The van der Waals surface area contributed by atoms with Gasteiger partial charge in [-0.1, -0.05) is 6.07 Å². The Morgan fingerprint density at radius 3 is 3.20 bits per heavy atom. The SMILES string of the molecule is O=C(CCc1cncs1)O[C@H]1CCc2cc(F)ccc21. The fourth-order valence-corrected chi connectivity index (χ4v) is 3.08. The number of rotatable bonds is 4. The highest BCUT2D eigenvalue weighted by molar-refractivity contribution is 7.09. The molecule has 0 unspecified atom stereocenters. The van der Waals surface area contributed by atoms with E-state index in [-0.39, 0.29) is 17.9 Å². The molecule has 0 radical (unpaired) electrons. The summed E-state index contributed by atoms with van der Waals surface area (Å²) < 4.78 is 18.6. The number of ether oxygens (including phenoxy) is 1. The summed E-state index contributed by atoms with van der Waals surface area (Å²) >= 11 is 1.54. The Labute approximate surface area is 120 Å². The maximum Gasteiger partial charge on any atom is 0.306 e. The lowest BCUT2D eigenvalue weighted by Gasteiger charge is -2.13. The summed E-state index contributed by atoms with van der Waals surface area (Å²) in [7, 11) is 0. The lowest BCUT2D eigenvalue weighted by Crippen LogP contribution is -2.09. The number of fused-ring (bicyclic) bond motifs is 1. The largest absolute Gasteiger partial charge is 0.457 e.